The molecule has 1 heterocycles. The molecule has 0 atom stereocenters. The van der Waals surface area contributed by atoms with Crippen LogP contribution in [-0.4, -0.2) is 44.1 Å². The number of carbonyl (C=O) groups is 1. The van der Waals surface area contributed by atoms with E-state index >= 15 is 0 Å². The quantitative estimate of drug-likeness (QED) is 0.673. The molecule has 0 spiro atoms. The topological polar surface area (TPSA) is 87.7 Å². The highest BCUT2D eigenvalue weighted by Crippen LogP contribution is 2.19. The maximum absolute atomic E-state index is 12.5. The molecule has 32 heavy (non-hydrogen) atoms. The van der Waals surface area contributed by atoms with Gasteiger partial charge in [-0.3, -0.25) is 4.72 Å². The van der Waals surface area contributed by atoms with Crippen LogP contribution in [-0.2, 0) is 21.3 Å². The van der Waals surface area contributed by atoms with Gasteiger partial charge in [0.05, 0.1) is 4.90 Å². The Balaban J connectivity index is 1.46. The van der Waals surface area contributed by atoms with Gasteiger partial charge in [0.2, 0.25) is 0 Å². The number of likely N-dealkylation sites (tertiary alicyclic amines) is 1. The first-order valence-corrected chi connectivity index (χ1v) is 12.4. The predicted octanol–water partition coefficient (Wildman–Crippen LogP) is 4.28. The number of rotatable bonds is 6. The summed E-state index contributed by atoms with van der Waals surface area (Å²) in [6.07, 6.45) is 1.49. The van der Waals surface area contributed by atoms with Gasteiger partial charge in [-0.05, 0) is 70.4 Å². The summed E-state index contributed by atoms with van der Waals surface area (Å²) in [5, 5.41) is 3.53. The molecular formula is C24H33N3O4S. The second kappa shape index (κ2) is 9.92. The van der Waals surface area contributed by atoms with E-state index in [4.69, 9.17) is 4.74 Å². The van der Waals surface area contributed by atoms with Crippen LogP contribution in [0.15, 0.2) is 53.4 Å². The first-order valence-electron chi connectivity index (χ1n) is 10.9. The van der Waals surface area contributed by atoms with E-state index in [1.54, 1.807) is 41.3 Å². The van der Waals surface area contributed by atoms with Crippen LogP contribution in [0, 0.1) is 6.92 Å². The number of ether oxygens (including phenoxy) is 1. The maximum Gasteiger partial charge on any atom is 0.410 e. The number of nitrogens with zero attached hydrogens (tertiary/aromatic N) is 1. The molecular weight excluding hydrogens is 426 g/mol. The predicted molar refractivity (Wildman–Crippen MR) is 126 cm³/mol. The van der Waals surface area contributed by atoms with Crippen LogP contribution >= 0.6 is 0 Å². The van der Waals surface area contributed by atoms with Gasteiger partial charge in [0.25, 0.3) is 10.0 Å². The van der Waals surface area contributed by atoms with Crippen molar-refractivity contribution in [1.29, 1.82) is 0 Å². The van der Waals surface area contributed by atoms with E-state index in [0.29, 0.717) is 31.4 Å². The van der Waals surface area contributed by atoms with Crippen LogP contribution in [0.4, 0.5) is 10.5 Å². The molecule has 3 rings (SSSR count). The third kappa shape index (κ3) is 6.97. The summed E-state index contributed by atoms with van der Waals surface area (Å²) >= 11 is 0. The maximum atomic E-state index is 12.5. The molecule has 0 bridgehead atoms. The fourth-order valence-electron chi connectivity index (χ4n) is 3.48. The summed E-state index contributed by atoms with van der Waals surface area (Å²) in [6.45, 7) is 9.56. The molecule has 8 heteroatoms. The molecule has 1 fully saturated rings. The number of aryl methyl sites for hydroxylation is 1. The second-order valence-corrected chi connectivity index (χ2v) is 10.9. The smallest absolute Gasteiger partial charge is 0.410 e. The summed E-state index contributed by atoms with van der Waals surface area (Å²) in [4.78, 5) is 14.2. The molecule has 0 aliphatic carbocycles. The Morgan fingerprint density at radius 2 is 1.62 bits per heavy atom. The molecule has 2 N–H and O–H groups in total. The lowest BCUT2D eigenvalue weighted by molar-refractivity contribution is 0.0198. The highest BCUT2D eigenvalue weighted by molar-refractivity contribution is 7.92. The molecule has 1 saturated heterocycles. The highest BCUT2D eigenvalue weighted by atomic mass is 32.2. The van der Waals surface area contributed by atoms with Gasteiger partial charge < -0.3 is 15.0 Å². The van der Waals surface area contributed by atoms with Gasteiger partial charge >= 0.3 is 6.09 Å². The lowest BCUT2D eigenvalue weighted by Gasteiger charge is -2.33. The first kappa shape index (κ1) is 24.1. The molecule has 174 valence electrons. The molecule has 0 saturated carbocycles. The number of nitrogens with one attached hydrogen (secondary N) is 2. The molecule has 0 unspecified atom stereocenters. The van der Waals surface area contributed by atoms with Crippen molar-refractivity contribution in [2.75, 3.05) is 17.8 Å². The molecule has 0 aromatic heterocycles. The highest BCUT2D eigenvalue weighted by Gasteiger charge is 2.26. The van der Waals surface area contributed by atoms with E-state index in [2.05, 4.69) is 10.0 Å². The normalized spacial score (nSPS) is 15.4. The summed E-state index contributed by atoms with van der Waals surface area (Å²) in [5.74, 6) is 0. The number of hydrogen-bond acceptors (Lipinski definition) is 5. The van der Waals surface area contributed by atoms with Crippen molar-refractivity contribution in [2.45, 2.75) is 63.6 Å². The van der Waals surface area contributed by atoms with Gasteiger partial charge in [-0.2, -0.15) is 0 Å². The van der Waals surface area contributed by atoms with Crippen molar-refractivity contribution in [3.05, 3.63) is 59.7 Å². The third-order valence-electron chi connectivity index (χ3n) is 5.28. The van der Waals surface area contributed by atoms with Crippen LogP contribution < -0.4 is 10.0 Å². The lowest BCUT2D eigenvalue weighted by Crippen LogP contribution is -2.46. The fraction of sp³-hybridized carbons (Fsp3) is 0.458. The van der Waals surface area contributed by atoms with Gasteiger partial charge in [0.15, 0.2) is 0 Å². The van der Waals surface area contributed by atoms with Crippen molar-refractivity contribution < 1.29 is 17.9 Å². The van der Waals surface area contributed by atoms with Crippen LogP contribution in [0.2, 0.25) is 0 Å². The molecule has 2 aromatic carbocycles. The van der Waals surface area contributed by atoms with Gasteiger partial charge in [-0.25, -0.2) is 13.2 Å². The third-order valence-corrected chi connectivity index (χ3v) is 6.68. The molecule has 0 radical (unpaired) electrons. The minimum absolute atomic E-state index is 0.242. The van der Waals surface area contributed by atoms with Crippen LogP contribution in [0.3, 0.4) is 0 Å². The van der Waals surface area contributed by atoms with E-state index in [0.717, 1.165) is 24.0 Å². The van der Waals surface area contributed by atoms with Gasteiger partial charge in [0.1, 0.15) is 5.60 Å². The van der Waals surface area contributed by atoms with Crippen molar-refractivity contribution in [3.8, 4) is 0 Å². The minimum Gasteiger partial charge on any atom is -0.444 e. The second-order valence-electron chi connectivity index (χ2n) is 9.24. The zero-order valence-electron chi connectivity index (χ0n) is 19.2. The zero-order valence-corrected chi connectivity index (χ0v) is 20.0. The Bertz CT molecular complexity index is 1000. The number of piperidine rings is 1. The largest absolute Gasteiger partial charge is 0.444 e. The summed E-state index contributed by atoms with van der Waals surface area (Å²) in [5.41, 5.74) is 2.13. The SMILES string of the molecule is Cc1ccc(S(=O)(=O)Nc2ccc(CNC3CCN(C(=O)OC(C)(C)C)CC3)cc2)cc1. The summed E-state index contributed by atoms with van der Waals surface area (Å²) in [7, 11) is -3.60. The molecule has 1 aliphatic heterocycles. The molecule has 7 nitrogen and oxygen atoms in total. The molecule has 2 aromatic rings. The molecule has 1 aliphatic rings. The van der Waals surface area contributed by atoms with Gasteiger partial charge in [-0.15, -0.1) is 0 Å². The Morgan fingerprint density at radius 1 is 1.03 bits per heavy atom. The van der Waals surface area contributed by atoms with E-state index in [9.17, 15) is 13.2 Å². The Kier molecular flexibility index (Phi) is 7.46. The fourth-order valence-corrected chi connectivity index (χ4v) is 4.54. The lowest BCUT2D eigenvalue weighted by atomic mass is 10.0. The van der Waals surface area contributed by atoms with Crippen molar-refractivity contribution in [3.63, 3.8) is 0 Å². The standard InChI is InChI=1S/C24H33N3O4S/c1-18-5-11-22(12-6-18)32(29,30)26-21-9-7-19(8-10-21)17-25-20-13-15-27(16-14-20)23(28)31-24(2,3)4/h5-12,20,25-26H,13-17H2,1-4H3. The van der Waals surface area contributed by atoms with Crippen molar-refractivity contribution >= 4 is 21.8 Å². The van der Waals surface area contributed by atoms with E-state index < -0.39 is 15.6 Å². The summed E-state index contributed by atoms with van der Waals surface area (Å²) in [6, 6.07) is 14.5. The zero-order chi connectivity index (χ0) is 23.4. The van der Waals surface area contributed by atoms with Crippen LogP contribution in [0.25, 0.3) is 0 Å². The molecule has 1 amide bonds. The van der Waals surface area contributed by atoms with Crippen LogP contribution in [0.1, 0.15) is 44.7 Å². The monoisotopic (exact) mass is 459 g/mol. The number of sulfonamides is 1. The van der Waals surface area contributed by atoms with E-state index in [1.807, 2.05) is 39.8 Å². The van der Waals surface area contributed by atoms with Crippen molar-refractivity contribution in [1.82, 2.24) is 10.2 Å². The number of carbonyl (C=O) groups excluding carboxylic acids is 1. The summed E-state index contributed by atoms with van der Waals surface area (Å²) < 4.78 is 33.1. The Hall–Kier alpha value is -2.58. The first-order chi connectivity index (χ1) is 15.0. The van der Waals surface area contributed by atoms with Gasteiger partial charge in [0, 0.05) is 31.4 Å². The van der Waals surface area contributed by atoms with Crippen LogP contribution in [0.5, 0.6) is 0 Å². The van der Waals surface area contributed by atoms with E-state index in [-0.39, 0.29) is 11.0 Å². The van der Waals surface area contributed by atoms with E-state index in [1.165, 1.54) is 0 Å². The number of amides is 1. The Morgan fingerprint density at radius 3 is 2.19 bits per heavy atom. The Labute approximate surface area is 191 Å². The number of anilines is 1. The van der Waals surface area contributed by atoms with Crippen molar-refractivity contribution in [2.24, 2.45) is 0 Å². The number of benzene rings is 2. The average molecular weight is 460 g/mol. The van der Waals surface area contributed by atoms with Gasteiger partial charge in [-0.1, -0.05) is 29.8 Å². The average Bonchev–Trinajstić information content (AvgIpc) is 2.72. The number of hydrogen-bond donors (Lipinski definition) is 2. The minimum atomic E-state index is -3.60.